The van der Waals surface area contributed by atoms with Crippen LogP contribution in [-0.4, -0.2) is 11.2 Å². The van der Waals surface area contributed by atoms with Gasteiger partial charge >= 0.3 is 0 Å². The van der Waals surface area contributed by atoms with Gasteiger partial charge in [0.15, 0.2) is 0 Å². The van der Waals surface area contributed by atoms with E-state index in [4.69, 9.17) is 11.1 Å². The van der Waals surface area contributed by atoms with Gasteiger partial charge in [0.1, 0.15) is 5.69 Å². The molecule has 1 aromatic heterocycles. The maximum Gasteiger partial charge on any atom is 0.104 e. The Hall–Kier alpha value is -1.38. The van der Waals surface area contributed by atoms with Gasteiger partial charge < -0.3 is 11.1 Å². The number of nitrogens with zero attached hydrogens (tertiary/aromatic N) is 1. The van der Waals surface area contributed by atoms with Crippen LogP contribution in [0.5, 0.6) is 0 Å². The lowest BCUT2D eigenvalue weighted by Crippen LogP contribution is -2.02. The Morgan fingerprint density at radius 3 is 2.75 bits per heavy atom. The van der Waals surface area contributed by atoms with Gasteiger partial charge in [-0.15, -0.1) is 0 Å². The number of pyridine rings is 1. The second-order valence-electron chi connectivity index (χ2n) is 3.00. The van der Waals surface area contributed by atoms with Crippen LogP contribution in [0.1, 0.15) is 31.0 Å². The number of hydrogen-bond donors (Lipinski definition) is 2. The van der Waals surface area contributed by atoms with E-state index < -0.39 is 0 Å². The third-order valence-electron chi connectivity index (χ3n) is 1.81. The number of hydrogen-bond acceptors (Lipinski definition) is 3. The summed E-state index contributed by atoms with van der Waals surface area (Å²) in [6, 6.07) is 1.90. The molecule has 0 aliphatic rings. The van der Waals surface area contributed by atoms with Crippen LogP contribution in [0.3, 0.4) is 0 Å². The highest BCUT2D eigenvalue weighted by atomic mass is 14.7. The molecule has 0 bridgehead atoms. The van der Waals surface area contributed by atoms with Gasteiger partial charge in [0, 0.05) is 12.4 Å². The Labute approximate surface area is 72.1 Å². The topological polar surface area (TPSA) is 62.8 Å². The lowest BCUT2D eigenvalue weighted by atomic mass is 10.0. The Morgan fingerprint density at radius 1 is 1.58 bits per heavy atom. The van der Waals surface area contributed by atoms with Gasteiger partial charge in [0.2, 0.25) is 0 Å². The van der Waals surface area contributed by atoms with Gasteiger partial charge in [-0.05, 0) is 17.5 Å². The van der Waals surface area contributed by atoms with Crippen molar-refractivity contribution in [3.05, 3.63) is 23.5 Å². The van der Waals surface area contributed by atoms with Gasteiger partial charge in [-0.3, -0.25) is 4.98 Å². The van der Waals surface area contributed by atoms with Crippen LogP contribution in [0.2, 0.25) is 0 Å². The predicted octanol–water partition coefficient (Wildman–Crippen LogP) is 1.78. The maximum absolute atomic E-state index is 7.05. The van der Waals surface area contributed by atoms with E-state index in [0.717, 1.165) is 5.56 Å². The molecule has 0 fully saturated rings. The summed E-state index contributed by atoms with van der Waals surface area (Å²) in [7, 11) is 0. The van der Waals surface area contributed by atoms with Crippen LogP contribution >= 0.6 is 0 Å². The van der Waals surface area contributed by atoms with Crippen molar-refractivity contribution in [3.8, 4) is 0 Å². The molecule has 0 amide bonds. The minimum Gasteiger partial charge on any atom is -0.397 e. The zero-order chi connectivity index (χ0) is 9.14. The molecule has 0 spiro atoms. The van der Waals surface area contributed by atoms with Crippen LogP contribution in [0.25, 0.3) is 0 Å². The zero-order valence-electron chi connectivity index (χ0n) is 7.33. The highest BCUT2D eigenvalue weighted by Gasteiger charge is 2.06. The SMILES string of the molecule is CC(C)c1ccnc(C=N)c1N. The Kier molecular flexibility index (Phi) is 2.43. The molecule has 3 N–H and O–H groups in total. The van der Waals surface area contributed by atoms with Gasteiger partial charge in [-0.1, -0.05) is 13.8 Å². The first-order valence-electron chi connectivity index (χ1n) is 3.91. The van der Waals surface area contributed by atoms with E-state index in [1.165, 1.54) is 6.21 Å². The Balaban J connectivity index is 3.22. The zero-order valence-corrected chi connectivity index (χ0v) is 7.33. The summed E-state index contributed by atoms with van der Waals surface area (Å²) < 4.78 is 0. The van der Waals surface area contributed by atoms with Gasteiger partial charge in [0.05, 0.1) is 5.69 Å². The van der Waals surface area contributed by atoms with Crippen LogP contribution < -0.4 is 5.73 Å². The summed E-state index contributed by atoms with van der Waals surface area (Å²) in [6.07, 6.45) is 2.87. The molecule has 0 aromatic carbocycles. The van der Waals surface area contributed by atoms with E-state index in [2.05, 4.69) is 18.8 Å². The summed E-state index contributed by atoms with van der Waals surface area (Å²) in [5, 5.41) is 7.05. The Morgan fingerprint density at radius 2 is 2.25 bits per heavy atom. The average molecular weight is 163 g/mol. The van der Waals surface area contributed by atoms with Crippen LogP contribution in [-0.2, 0) is 0 Å². The van der Waals surface area contributed by atoms with Crippen molar-refractivity contribution in [3.63, 3.8) is 0 Å². The lowest BCUT2D eigenvalue weighted by molar-refractivity contribution is 0.866. The van der Waals surface area contributed by atoms with E-state index in [1.807, 2.05) is 6.07 Å². The number of nitrogens with one attached hydrogen (secondary N) is 1. The average Bonchev–Trinajstić information content (AvgIpc) is 2.04. The molecule has 0 saturated carbocycles. The summed E-state index contributed by atoms with van der Waals surface area (Å²) in [5.74, 6) is 0.381. The first kappa shape index (κ1) is 8.71. The van der Waals surface area contributed by atoms with Crippen molar-refractivity contribution in [1.29, 1.82) is 5.41 Å². The largest absolute Gasteiger partial charge is 0.397 e. The number of nitrogen functional groups attached to an aromatic ring is 1. The van der Waals surface area contributed by atoms with Crippen molar-refractivity contribution >= 4 is 11.9 Å². The third kappa shape index (κ3) is 1.44. The summed E-state index contributed by atoms with van der Waals surface area (Å²) in [4.78, 5) is 3.97. The lowest BCUT2D eigenvalue weighted by Gasteiger charge is -2.09. The number of anilines is 1. The molecule has 0 radical (unpaired) electrons. The molecular formula is C9H13N3. The molecule has 0 saturated heterocycles. The standard InChI is InChI=1S/C9H13N3/c1-6(2)7-3-4-12-8(5-10)9(7)11/h3-6,10H,11H2,1-2H3. The van der Waals surface area contributed by atoms with E-state index in [9.17, 15) is 0 Å². The van der Waals surface area contributed by atoms with Crippen molar-refractivity contribution in [2.75, 3.05) is 5.73 Å². The minimum absolute atomic E-state index is 0.381. The van der Waals surface area contributed by atoms with Crippen LogP contribution in [0.15, 0.2) is 12.3 Å². The smallest absolute Gasteiger partial charge is 0.104 e. The first-order valence-corrected chi connectivity index (χ1v) is 3.91. The summed E-state index contributed by atoms with van der Waals surface area (Å²) in [5.41, 5.74) is 8.02. The number of rotatable bonds is 2. The number of aromatic nitrogens is 1. The number of nitrogens with two attached hydrogens (primary N) is 1. The molecule has 0 aliphatic carbocycles. The highest BCUT2D eigenvalue weighted by Crippen LogP contribution is 2.21. The molecule has 0 unspecified atom stereocenters. The highest BCUT2D eigenvalue weighted by molar-refractivity contribution is 5.83. The summed E-state index contributed by atoms with van der Waals surface area (Å²) >= 11 is 0. The molecule has 1 rings (SSSR count). The molecule has 0 aliphatic heterocycles. The fourth-order valence-corrected chi connectivity index (χ4v) is 1.12. The quantitative estimate of drug-likeness (QED) is 0.653. The van der Waals surface area contributed by atoms with Gasteiger partial charge in [-0.2, -0.15) is 0 Å². The molecule has 1 aromatic rings. The van der Waals surface area contributed by atoms with Crippen molar-refractivity contribution in [2.45, 2.75) is 19.8 Å². The van der Waals surface area contributed by atoms with Crippen molar-refractivity contribution < 1.29 is 0 Å². The van der Waals surface area contributed by atoms with E-state index in [1.54, 1.807) is 6.20 Å². The summed E-state index contributed by atoms with van der Waals surface area (Å²) in [6.45, 7) is 4.14. The Bertz CT molecular complexity index is 292. The van der Waals surface area contributed by atoms with Crippen molar-refractivity contribution in [1.82, 2.24) is 4.98 Å². The fraction of sp³-hybridized carbons (Fsp3) is 0.333. The predicted molar refractivity (Wildman–Crippen MR) is 50.6 cm³/mol. The molecule has 64 valence electrons. The minimum atomic E-state index is 0.381. The first-order chi connectivity index (χ1) is 5.66. The van der Waals surface area contributed by atoms with Gasteiger partial charge in [-0.25, -0.2) is 0 Å². The normalized spacial score (nSPS) is 10.2. The molecule has 12 heavy (non-hydrogen) atoms. The second kappa shape index (κ2) is 3.34. The second-order valence-corrected chi connectivity index (χ2v) is 3.00. The monoisotopic (exact) mass is 163 g/mol. The van der Waals surface area contributed by atoms with E-state index in [-0.39, 0.29) is 0 Å². The molecular weight excluding hydrogens is 150 g/mol. The molecule has 1 heterocycles. The van der Waals surface area contributed by atoms with Crippen LogP contribution in [0.4, 0.5) is 5.69 Å². The van der Waals surface area contributed by atoms with Crippen molar-refractivity contribution in [2.24, 2.45) is 0 Å². The maximum atomic E-state index is 7.05. The van der Waals surface area contributed by atoms with E-state index >= 15 is 0 Å². The van der Waals surface area contributed by atoms with E-state index in [0.29, 0.717) is 17.3 Å². The van der Waals surface area contributed by atoms with Crippen LogP contribution in [0, 0.1) is 5.41 Å². The van der Waals surface area contributed by atoms with Gasteiger partial charge in [0.25, 0.3) is 0 Å². The third-order valence-corrected chi connectivity index (χ3v) is 1.81. The molecule has 3 heteroatoms. The molecule has 0 atom stereocenters. The molecule has 3 nitrogen and oxygen atoms in total. The fourth-order valence-electron chi connectivity index (χ4n) is 1.12.